The lowest BCUT2D eigenvalue weighted by Crippen LogP contribution is -2.41. The van der Waals surface area contributed by atoms with Crippen molar-refractivity contribution in [3.8, 4) is 0 Å². The normalized spacial score (nSPS) is 11.8. The number of anilines is 2. The maximum absolute atomic E-state index is 12.7. The van der Waals surface area contributed by atoms with Gasteiger partial charge in [-0.05, 0) is 55.2 Å². The molecule has 36 heavy (non-hydrogen) atoms. The third-order valence-corrected chi connectivity index (χ3v) is 5.94. The Hall–Kier alpha value is -3.42. The third kappa shape index (κ3) is 7.80. The molecule has 1 unspecified atom stereocenters. The second-order valence-corrected chi connectivity index (χ2v) is 8.82. The number of amides is 1. The van der Waals surface area contributed by atoms with E-state index in [1.54, 1.807) is 30.5 Å². The van der Waals surface area contributed by atoms with Crippen molar-refractivity contribution in [2.45, 2.75) is 38.6 Å². The van der Waals surface area contributed by atoms with Crippen LogP contribution in [0.3, 0.4) is 0 Å². The lowest BCUT2D eigenvalue weighted by atomic mass is 10.1. The molecule has 1 aromatic heterocycles. The summed E-state index contributed by atoms with van der Waals surface area (Å²) in [5.74, 6) is -0.593. The molecule has 3 aromatic rings. The van der Waals surface area contributed by atoms with E-state index < -0.39 is 17.9 Å². The number of halogens is 2. The zero-order chi connectivity index (χ0) is 25.9. The highest BCUT2D eigenvalue weighted by Gasteiger charge is 2.23. The molecule has 7 nitrogen and oxygen atoms in total. The number of benzene rings is 2. The number of esters is 1. The Labute approximate surface area is 220 Å². The number of methoxy groups -OCH3 is 1. The van der Waals surface area contributed by atoms with Crippen LogP contribution in [0, 0.1) is 0 Å². The summed E-state index contributed by atoms with van der Waals surface area (Å²) in [5.41, 5.74) is 2.83. The Bertz CT molecular complexity index is 1210. The Kier molecular flexibility index (Phi) is 10.3. The van der Waals surface area contributed by atoms with Crippen LogP contribution in [0.5, 0.6) is 0 Å². The fraction of sp³-hybridized carbons (Fsp3) is 0.259. The smallest absolute Gasteiger partial charge is 0.328 e. The number of aromatic nitrogens is 2. The first-order valence-electron chi connectivity index (χ1n) is 11.6. The van der Waals surface area contributed by atoms with Crippen LogP contribution in [-0.4, -0.2) is 35.0 Å². The molecule has 3 rings (SSSR count). The predicted molar refractivity (Wildman–Crippen MR) is 144 cm³/mol. The minimum atomic E-state index is -0.911. The van der Waals surface area contributed by atoms with E-state index in [1.165, 1.54) is 7.11 Å². The number of hydrogen-bond acceptors (Lipinski definition) is 6. The quantitative estimate of drug-likeness (QED) is 0.287. The van der Waals surface area contributed by atoms with E-state index in [1.807, 2.05) is 36.4 Å². The Morgan fingerprint density at radius 2 is 1.86 bits per heavy atom. The highest BCUT2D eigenvalue weighted by molar-refractivity contribution is 6.39. The third-order valence-electron chi connectivity index (χ3n) is 5.31. The number of hydrogen-bond donors (Lipinski definition) is 2. The van der Waals surface area contributed by atoms with Crippen LogP contribution < -0.4 is 10.6 Å². The Balaban J connectivity index is 1.67. The first-order valence-corrected chi connectivity index (χ1v) is 12.3. The van der Waals surface area contributed by atoms with Crippen molar-refractivity contribution in [3.05, 3.63) is 87.7 Å². The summed E-state index contributed by atoms with van der Waals surface area (Å²) >= 11 is 12.2. The number of carbonyl (C=O) groups excluding carboxylic acids is 2. The number of aryl methyl sites for hydroxylation is 1. The van der Waals surface area contributed by atoms with Gasteiger partial charge in [0.25, 0.3) is 5.91 Å². The molecular weight excluding hydrogens is 499 g/mol. The predicted octanol–water partition coefficient (Wildman–Crippen LogP) is 6.24. The number of ether oxygens (including phenoxy) is 1. The molecule has 1 amide bonds. The number of rotatable bonds is 11. The Morgan fingerprint density at radius 1 is 1.11 bits per heavy atom. The molecule has 0 spiro atoms. The molecule has 1 atom stereocenters. The maximum Gasteiger partial charge on any atom is 0.328 e. The molecule has 0 aliphatic rings. The van der Waals surface area contributed by atoms with Crippen LogP contribution in [0.25, 0.3) is 6.08 Å². The highest BCUT2D eigenvalue weighted by Crippen LogP contribution is 2.24. The van der Waals surface area contributed by atoms with Crippen molar-refractivity contribution in [1.82, 2.24) is 15.3 Å². The van der Waals surface area contributed by atoms with Gasteiger partial charge in [0.2, 0.25) is 5.95 Å². The maximum atomic E-state index is 12.7. The minimum Gasteiger partial charge on any atom is -0.467 e. The van der Waals surface area contributed by atoms with Crippen LogP contribution in [0.1, 0.15) is 47.8 Å². The van der Waals surface area contributed by atoms with E-state index in [0.29, 0.717) is 5.95 Å². The van der Waals surface area contributed by atoms with Crippen LogP contribution >= 0.6 is 23.2 Å². The van der Waals surface area contributed by atoms with Gasteiger partial charge in [0.15, 0.2) is 0 Å². The van der Waals surface area contributed by atoms with Crippen LogP contribution in [0.15, 0.2) is 60.8 Å². The van der Waals surface area contributed by atoms with Crippen LogP contribution in [-0.2, 0) is 16.0 Å². The second-order valence-electron chi connectivity index (χ2n) is 8.01. The van der Waals surface area contributed by atoms with Gasteiger partial charge in [-0.15, -0.1) is 0 Å². The SMILES string of the molecule is CCCCc1ccnc(Nc2cccc(/C=C/CC(NC(=O)c3c(Cl)cccc3Cl)C(=O)OC)c2)n1. The fourth-order valence-electron chi connectivity index (χ4n) is 3.44. The highest BCUT2D eigenvalue weighted by atomic mass is 35.5. The summed E-state index contributed by atoms with van der Waals surface area (Å²) in [7, 11) is 1.27. The molecular formula is C27H28Cl2N4O3. The molecule has 1 heterocycles. The molecule has 188 valence electrons. The number of nitrogens with zero attached hydrogens (tertiary/aromatic N) is 2. The molecule has 0 aliphatic heterocycles. The molecule has 2 aromatic carbocycles. The first kappa shape index (κ1) is 27.2. The molecule has 9 heteroatoms. The summed E-state index contributed by atoms with van der Waals surface area (Å²) < 4.78 is 4.85. The Morgan fingerprint density at radius 3 is 2.58 bits per heavy atom. The number of nitrogens with one attached hydrogen (secondary N) is 2. The summed E-state index contributed by atoms with van der Waals surface area (Å²) in [6.07, 6.45) is 8.70. The summed E-state index contributed by atoms with van der Waals surface area (Å²) in [4.78, 5) is 33.9. The zero-order valence-corrected chi connectivity index (χ0v) is 21.6. The standard InChI is InChI=1S/C27H28Cl2N4O3/c1-3-4-10-19-15-16-30-27(31-19)32-20-11-5-8-18(17-20)9-6-14-23(26(35)36-2)33-25(34)24-21(28)12-7-13-22(24)29/h5-9,11-13,15-17,23H,3-4,10,14H2,1-2H3,(H,33,34)(H,30,31,32)/b9-6+. The van der Waals surface area contributed by atoms with Gasteiger partial charge in [-0.1, -0.05) is 66.9 Å². The topological polar surface area (TPSA) is 93.2 Å². The number of unbranched alkanes of at least 4 members (excludes halogenated alkanes) is 1. The molecule has 0 radical (unpaired) electrons. The molecule has 0 fully saturated rings. The van der Waals surface area contributed by atoms with E-state index in [2.05, 4.69) is 27.5 Å². The summed E-state index contributed by atoms with van der Waals surface area (Å²) in [6.45, 7) is 2.15. The fourth-order valence-corrected chi connectivity index (χ4v) is 4.01. The molecule has 0 aliphatic carbocycles. The first-order chi connectivity index (χ1) is 17.4. The van der Waals surface area contributed by atoms with Crippen molar-refractivity contribution >= 4 is 52.8 Å². The van der Waals surface area contributed by atoms with Gasteiger partial charge in [-0.2, -0.15) is 0 Å². The van der Waals surface area contributed by atoms with Gasteiger partial charge in [0.05, 0.1) is 22.7 Å². The summed E-state index contributed by atoms with van der Waals surface area (Å²) in [5, 5.41) is 6.28. The monoisotopic (exact) mass is 526 g/mol. The molecule has 0 bridgehead atoms. The van der Waals surface area contributed by atoms with E-state index >= 15 is 0 Å². The van der Waals surface area contributed by atoms with Gasteiger partial charge >= 0.3 is 5.97 Å². The largest absolute Gasteiger partial charge is 0.467 e. The van der Waals surface area contributed by atoms with Crippen molar-refractivity contribution in [3.63, 3.8) is 0 Å². The van der Waals surface area contributed by atoms with Crippen molar-refractivity contribution in [2.75, 3.05) is 12.4 Å². The lowest BCUT2D eigenvalue weighted by Gasteiger charge is -2.16. The van der Waals surface area contributed by atoms with Gasteiger partial charge in [0.1, 0.15) is 6.04 Å². The zero-order valence-electron chi connectivity index (χ0n) is 20.1. The van der Waals surface area contributed by atoms with Crippen LogP contribution in [0.4, 0.5) is 11.6 Å². The lowest BCUT2D eigenvalue weighted by molar-refractivity contribution is -0.142. The average molecular weight is 527 g/mol. The van der Waals surface area contributed by atoms with E-state index in [-0.39, 0.29) is 22.0 Å². The molecule has 0 saturated carbocycles. The van der Waals surface area contributed by atoms with Crippen molar-refractivity contribution in [1.29, 1.82) is 0 Å². The molecule has 2 N–H and O–H groups in total. The van der Waals surface area contributed by atoms with Crippen LogP contribution in [0.2, 0.25) is 10.0 Å². The van der Waals surface area contributed by atoms with Gasteiger partial charge < -0.3 is 15.4 Å². The van der Waals surface area contributed by atoms with Crippen molar-refractivity contribution < 1.29 is 14.3 Å². The number of carbonyl (C=O) groups is 2. The summed E-state index contributed by atoms with van der Waals surface area (Å²) in [6, 6.07) is 13.5. The van der Waals surface area contributed by atoms with Crippen molar-refractivity contribution in [2.24, 2.45) is 0 Å². The minimum absolute atomic E-state index is 0.110. The van der Waals surface area contributed by atoms with E-state index in [0.717, 1.165) is 36.2 Å². The van der Waals surface area contributed by atoms with Gasteiger partial charge in [-0.3, -0.25) is 4.79 Å². The molecule has 0 saturated heterocycles. The second kappa shape index (κ2) is 13.6. The van der Waals surface area contributed by atoms with Gasteiger partial charge in [-0.25, -0.2) is 14.8 Å². The van der Waals surface area contributed by atoms with Gasteiger partial charge in [0, 0.05) is 17.6 Å². The van der Waals surface area contributed by atoms with E-state index in [9.17, 15) is 9.59 Å². The van der Waals surface area contributed by atoms with E-state index in [4.69, 9.17) is 27.9 Å². The average Bonchev–Trinajstić information content (AvgIpc) is 2.87.